The molecule has 0 aliphatic heterocycles. The number of nitrogens with zero attached hydrogens (tertiary/aromatic N) is 1. The van der Waals surface area contributed by atoms with Crippen molar-refractivity contribution in [2.24, 2.45) is 0 Å². The van der Waals surface area contributed by atoms with Gasteiger partial charge >= 0.3 is 0 Å². The van der Waals surface area contributed by atoms with Crippen LogP contribution in [0.15, 0.2) is 60.0 Å². The first-order valence-corrected chi connectivity index (χ1v) is 10.8. The lowest BCUT2D eigenvalue weighted by atomic mass is 10.0. The molecule has 6 heteroatoms. The van der Waals surface area contributed by atoms with Crippen molar-refractivity contribution in [3.05, 3.63) is 71.1 Å². The van der Waals surface area contributed by atoms with Gasteiger partial charge in [0.2, 0.25) is 0 Å². The number of amides is 1. The Hall–Kier alpha value is -2.96. The van der Waals surface area contributed by atoms with Crippen LogP contribution in [-0.4, -0.2) is 36.7 Å². The highest BCUT2D eigenvalue weighted by atomic mass is 32.1. The lowest BCUT2D eigenvalue weighted by Crippen LogP contribution is -2.27. The SMILES string of the molecule is C[C@@H](CC(=N)Cc1ccc(C(=O)Nc2cc(-c3cccs3)ccc2N)cc1)N(C)C. The standard InChI is InChI=1S/C24H28N4OS/c1-16(28(2)3)13-20(25)14-17-6-8-18(9-7-17)24(29)27-22-15-19(10-11-21(22)26)23-5-4-12-30-23/h4-12,15-16,25H,13-14,26H2,1-3H3,(H,27,29)/t16-/m0/s1. The molecule has 0 aliphatic rings. The van der Waals surface area contributed by atoms with Crippen molar-refractivity contribution < 1.29 is 4.79 Å². The van der Waals surface area contributed by atoms with Crippen molar-refractivity contribution in [3.8, 4) is 10.4 Å². The fourth-order valence-corrected chi connectivity index (χ4v) is 3.81. The molecule has 3 aromatic rings. The second-order valence-electron chi connectivity index (χ2n) is 7.73. The summed E-state index contributed by atoms with van der Waals surface area (Å²) in [6.07, 6.45) is 1.32. The lowest BCUT2D eigenvalue weighted by Gasteiger charge is -2.19. The van der Waals surface area contributed by atoms with E-state index >= 15 is 0 Å². The number of rotatable bonds is 8. The molecule has 1 amide bonds. The van der Waals surface area contributed by atoms with Crippen LogP contribution in [0.2, 0.25) is 0 Å². The van der Waals surface area contributed by atoms with Gasteiger partial charge in [-0.15, -0.1) is 11.3 Å². The van der Waals surface area contributed by atoms with Crippen LogP contribution in [0.3, 0.4) is 0 Å². The number of benzene rings is 2. The molecule has 156 valence electrons. The summed E-state index contributed by atoms with van der Waals surface area (Å²) in [4.78, 5) is 15.9. The monoisotopic (exact) mass is 420 g/mol. The molecule has 0 unspecified atom stereocenters. The van der Waals surface area contributed by atoms with E-state index in [2.05, 4.69) is 17.1 Å². The van der Waals surface area contributed by atoms with Crippen molar-refractivity contribution in [1.29, 1.82) is 5.41 Å². The number of nitrogen functional groups attached to an aromatic ring is 1. The van der Waals surface area contributed by atoms with Crippen LogP contribution in [-0.2, 0) is 6.42 Å². The van der Waals surface area contributed by atoms with Crippen molar-refractivity contribution in [2.75, 3.05) is 25.1 Å². The highest BCUT2D eigenvalue weighted by Gasteiger charge is 2.12. The first kappa shape index (κ1) is 21.7. The molecule has 0 bridgehead atoms. The van der Waals surface area contributed by atoms with E-state index < -0.39 is 0 Å². The van der Waals surface area contributed by atoms with Crippen molar-refractivity contribution >= 4 is 34.3 Å². The predicted octanol–water partition coefficient (Wildman–Crippen LogP) is 5.15. The Morgan fingerprint density at radius 1 is 1.17 bits per heavy atom. The van der Waals surface area contributed by atoms with Gasteiger partial charge in [-0.3, -0.25) is 4.79 Å². The summed E-state index contributed by atoms with van der Waals surface area (Å²) in [6.45, 7) is 2.11. The largest absolute Gasteiger partial charge is 0.397 e. The summed E-state index contributed by atoms with van der Waals surface area (Å²) in [6, 6.07) is 17.5. The fourth-order valence-electron chi connectivity index (χ4n) is 3.09. The van der Waals surface area contributed by atoms with Gasteiger partial charge in [-0.25, -0.2) is 0 Å². The van der Waals surface area contributed by atoms with E-state index in [0.717, 1.165) is 22.4 Å². The van der Waals surface area contributed by atoms with Gasteiger partial charge in [0.05, 0.1) is 11.4 Å². The molecule has 0 saturated heterocycles. The second-order valence-corrected chi connectivity index (χ2v) is 8.68. The van der Waals surface area contributed by atoms with Crippen molar-refractivity contribution in [2.45, 2.75) is 25.8 Å². The second kappa shape index (κ2) is 9.69. The highest BCUT2D eigenvalue weighted by Crippen LogP contribution is 2.30. The van der Waals surface area contributed by atoms with Crippen LogP contribution in [0, 0.1) is 5.41 Å². The summed E-state index contributed by atoms with van der Waals surface area (Å²) in [5.41, 5.74) is 10.5. The molecule has 0 aliphatic carbocycles. The Kier molecular flexibility index (Phi) is 7.03. The van der Waals surface area contributed by atoms with Gasteiger partial charge < -0.3 is 21.4 Å². The lowest BCUT2D eigenvalue weighted by molar-refractivity contribution is 0.102. The molecule has 4 N–H and O–H groups in total. The Morgan fingerprint density at radius 3 is 2.53 bits per heavy atom. The third kappa shape index (κ3) is 5.55. The number of carbonyl (C=O) groups is 1. The van der Waals surface area contributed by atoms with Crippen LogP contribution < -0.4 is 11.1 Å². The molecule has 0 fully saturated rings. The normalized spacial score (nSPS) is 12.0. The van der Waals surface area contributed by atoms with E-state index in [0.29, 0.717) is 35.1 Å². The maximum absolute atomic E-state index is 12.7. The summed E-state index contributed by atoms with van der Waals surface area (Å²) < 4.78 is 0. The number of hydrogen-bond acceptors (Lipinski definition) is 5. The summed E-state index contributed by atoms with van der Waals surface area (Å²) in [5.74, 6) is -0.201. The molecule has 1 aromatic heterocycles. The summed E-state index contributed by atoms with van der Waals surface area (Å²) >= 11 is 1.64. The fraction of sp³-hybridized carbons (Fsp3) is 0.250. The highest BCUT2D eigenvalue weighted by molar-refractivity contribution is 7.13. The Bertz CT molecular complexity index is 1010. The molecular weight excluding hydrogens is 392 g/mol. The minimum Gasteiger partial charge on any atom is -0.397 e. The van der Waals surface area contributed by atoms with Crippen LogP contribution in [0.4, 0.5) is 11.4 Å². The number of hydrogen-bond donors (Lipinski definition) is 3. The molecule has 2 aromatic carbocycles. The Morgan fingerprint density at radius 2 is 1.90 bits per heavy atom. The van der Waals surface area contributed by atoms with Gasteiger partial charge in [-0.2, -0.15) is 0 Å². The van der Waals surface area contributed by atoms with Crippen molar-refractivity contribution in [1.82, 2.24) is 4.90 Å². The van der Waals surface area contributed by atoms with Gasteiger partial charge in [0.15, 0.2) is 0 Å². The minimum atomic E-state index is -0.201. The summed E-state index contributed by atoms with van der Waals surface area (Å²) in [5, 5.41) is 13.2. The third-order valence-electron chi connectivity index (χ3n) is 5.16. The number of nitrogens with two attached hydrogens (primary N) is 1. The summed E-state index contributed by atoms with van der Waals surface area (Å²) in [7, 11) is 4.04. The van der Waals surface area contributed by atoms with E-state index in [1.807, 2.05) is 61.9 Å². The average Bonchev–Trinajstić information content (AvgIpc) is 3.24. The molecule has 0 radical (unpaired) electrons. The van der Waals surface area contributed by atoms with Crippen LogP contribution in [0.5, 0.6) is 0 Å². The van der Waals surface area contributed by atoms with Gasteiger partial charge in [-0.05, 0) is 67.9 Å². The smallest absolute Gasteiger partial charge is 0.255 e. The zero-order valence-electron chi connectivity index (χ0n) is 17.6. The Labute approximate surface area is 182 Å². The molecular formula is C24H28N4OS. The minimum absolute atomic E-state index is 0.201. The number of thiophene rings is 1. The van der Waals surface area contributed by atoms with Crippen LogP contribution in [0.1, 0.15) is 29.3 Å². The number of nitrogens with one attached hydrogen (secondary N) is 2. The first-order valence-electron chi connectivity index (χ1n) is 9.90. The maximum Gasteiger partial charge on any atom is 0.255 e. The molecule has 3 rings (SSSR count). The van der Waals surface area contributed by atoms with E-state index in [1.165, 1.54) is 0 Å². The van der Waals surface area contributed by atoms with E-state index in [4.69, 9.17) is 11.1 Å². The number of carbonyl (C=O) groups excluding carboxylic acids is 1. The molecule has 5 nitrogen and oxygen atoms in total. The third-order valence-corrected chi connectivity index (χ3v) is 6.08. The van der Waals surface area contributed by atoms with E-state index in [9.17, 15) is 4.79 Å². The average molecular weight is 421 g/mol. The van der Waals surface area contributed by atoms with Crippen molar-refractivity contribution in [3.63, 3.8) is 0 Å². The topological polar surface area (TPSA) is 82.2 Å². The Balaban J connectivity index is 1.65. The van der Waals surface area contributed by atoms with E-state index in [1.54, 1.807) is 23.5 Å². The van der Waals surface area contributed by atoms with Gasteiger partial charge in [0.1, 0.15) is 0 Å². The molecule has 0 saturated carbocycles. The molecule has 0 spiro atoms. The maximum atomic E-state index is 12.7. The predicted molar refractivity (Wildman–Crippen MR) is 128 cm³/mol. The molecule has 1 atom stereocenters. The molecule has 1 heterocycles. The van der Waals surface area contributed by atoms with Crippen LogP contribution >= 0.6 is 11.3 Å². The van der Waals surface area contributed by atoms with Gasteiger partial charge in [0.25, 0.3) is 5.91 Å². The van der Waals surface area contributed by atoms with Crippen LogP contribution in [0.25, 0.3) is 10.4 Å². The van der Waals surface area contributed by atoms with E-state index in [-0.39, 0.29) is 5.91 Å². The number of anilines is 2. The first-order chi connectivity index (χ1) is 14.3. The van der Waals surface area contributed by atoms with Gasteiger partial charge in [-0.1, -0.05) is 24.3 Å². The quantitative estimate of drug-likeness (QED) is 0.348. The van der Waals surface area contributed by atoms with Gasteiger partial charge in [0, 0.05) is 35.0 Å². The zero-order valence-corrected chi connectivity index (χ0v) is 18.4. The zero-order chi connectivity index (χ0) is 21.7. The molecule has 30 heavy (non-hydrogen) atoms.